The molecular formula is C18H16BrNO4. The Bertz CT molecular complexity index is 823. The van der Waals surface area contributed by atoms with Crippen LogP contribution < -0.4 is 18.9 Å². The van der Waals surface area contributed by atoms with Crippen LogP contribution in [0, 0.1) is 0 Å². The average molecular weight is 390 g/mol. The lowest BCUT2D eigenvalue weighted by Crippen LogP contribution is -2.30. The second kappa shape index (κ2) is 5.57. The van der Waals surface area contributed by atoms with Crippen LogP contribution in [-0.4, -0.2) is 25.0 Å². The van der Waals surface area contributed by atoms with Crippen molar-refractivity contribution in [2.24, 2.45) is 0 Å². The molecule has 0 saturated heterocycles. The molecule has 5 rings (SSSR count). The highest BCUT2D eigenvalue weighted by Crippen LogP contribution is 2.39. The summed E-state index contributed by atoms with van der Waals surface area (Å²) < 4.78 is 23.0. The number of ether oxygens (including phenoxy) is 4. The van der Waals surface area contributed by atoms with E-state index in [9.17, 15) is 0 Å². The maximum atomic E-state index is 5.51. The molecule has 124 valence electrons. The summed E-state index contributed by atoms with van der Waals surface area (Å²) >= 11 is 3.65. The van der Waals surface area contributed by atoms with E-state index in [0.717, 1.165) is 53.5 Å². The molecule has 24 heavy (non-hydrogen) atoms. The first kappa shape index (κ1) is 14.4. The predicted octanol–water partition coefficient (Wildman–Crippen LogP) is 3.46. The van der Waals surface area contributed by atoms with Gasteiger partial charge in [-0.1, -0.05) is 15.9 Å². The third-order valence-corrected chi connectivity index (χ3v) is 5.46. The van der Waals surface area contributed by atoms with E-state index < -0.39 is 0 Å². The molecule has 0 amide bonds. The number of benzene rings is 2. The molecule has 0 aliphatic carbocycles. The molecule has 0 atom stereocenters. The van der Waals surface area contributed by atoms with Gasteiger partial charge >= 0.3 is 0 Å². The summed E-state index contributed by atoms with van der Waals surface area (Å²) in [5.41, 5.74) is 3.89. The molecule has 0 aromatic heterocycles. The Hall–Kier alpha value is -1.92. The van der Waals surface area contributed by atoms with Gasteiger partial charge in [0, 0.05) is 24.1 Å². The van der Waals surface area contributed by atoms with Crippen molar-refractivity contribution < 1.29 is 18.9 Å². The Kier molecular flexibility index (Phi) is 3.35. The van der Waals surface area contributed by atoms with Gasteiger partial charge < -0.3 is 18.9 Å². The summed E-state index contributed by atoms with van der Waals surface area (Å²) in [5, 5.41) is 0. The molecule has 6 heteroatoms. The summed E-state index contributed by atoms with van der Waals surface area (Å²) in [6.07, 6.45) is 1.02. The summed E-state index contributed by atoms with van der Waals surface area (Å²) in [4.78, 5) is 2.44. The number of halogens is 1. The van der Waals surface area contributed by atoms with Crippen molar-refractivity contribution in [3.8, 4) is 23.0 Å². The molecule has 0 unspecified atom stereocenters. The van der Waals surface area contributed by atoms with Gasteiger partial charge in [0.05, 0.1) is 0 Å². The van der Waals surface area contributed by atoms with Crippen LogP contribution in [0.3, 0.4) is 0 Å². The van der Waals surface area contributed by atoms with Crippen LogP contribution in [0.5, 0.6) is 23.0 Å². The Balaban J connectivity index is 1.38. The molecule has 0 N–H and O–H groups in total. The van der Waals surface area contributed by atoms with Gasteiger partial charge in [0.25, 0.3) is 0 Å². The Morgan fingerprint density at radius 2 is 1.46 bits per heavy atom. The lowest BCUT2D eigenvalue weighted by atomic mass is 9.98. The van der Waals surface area contributed by atoms with Crippen LogP contribution in [0.15, 0.2) is 28.7 Å². The molecule has 3 aliphatic rings. The standard InChI is InChI=1S/C18H16BrNO4/c19-14-6-18-17(23-10-24-18)5-13(14)8-20-2-1-11-3-15-16(22-9-21-15)4-12(11)7-20/h3-6H,1-2,7-10H2. The minimum Gasteiger partial charge on any atom is -0.454 e. The fourth-order valence-corrected chi connectivity index (χ4v) is 3.91. The average Bonchev–Trinajstić information content (AvgIpc) is 3.21. The van der Waals surface area contributed by atoms with Gasteiger partial charge in [0.2, 0.25) is 13.6 Å². The maximum Gasteiger partial charge on any atom is 0.231 e. The van der Waals surface area contributed by atoms with Crippen LogP contribution in [0.4, 0.5) is 0 Å². The molecule has 2 aromatic rings. The molecular weight excluding hydrogens is 374 g/mol. The molecule has 0 saturated carbocycles. The van der Waals surface area contributed by atoms with Crippen molar-refractivity contribution in [1.82, 2.24) is 4.90 Å². The van der Waals surface area contributed by atoms with Crippen LogP contribution in [-0.2, 0) is 19.5 Å². The van der Waals surface area contributed by atoms with Crippen molar-refractivity contribution in [2.75, 3.05) is 20.1 Å². The van der Waals surface area contributed by atoms with Gasteiger partial charge in [-0.25, -0.2) is 0 Å². The third kappa shape index (κ3) is 2.41. The molecule has 0 bridgehead atoms. The zero-order chi connectivity index (χ0) is 16.1. The fraction of sp³-hybridized carbons (Fsp3) is 0.333. The van der Waals surface area contributed by atoms with Gasteiger partial charge in [-0.15, -0.1) is 0 Å². The summed E-state index contributed by atoms with van der Waals surface area (Å²) in [7, 11) is 0. The summed E-state index contributed by atoms with van der Waals surface area (Å²) in [6, 6.07) is 8.32. The van der Waals surface area contributed by atoms with Crippen molar-refractivity contribution in [2.45, 2.75) is 19.5 Å². The monoisotopic (exact) mass is 389 g/mol. The summed E-state index contributed by atoms with van der Waals surface area (Å²) in [6.45, 7) is 3.42. The Labute approximate surface area is 148 Å². The smallest absolute Gasteiger partial charge is 0.231 e. The quantitative estimate of drug-likeness (QED) is 0.786. The van der Waals surface area contributed by atoms with Crippen LogP contribution in [0.2, 0.25) is 0 Å². The minimum absolute atomic E-state index is 0.301. The SMILES string of the molecule is Brc1cc2c(cc1CN1CCc3cc4c(cc3C1)OCO4)OCO2. The van der Waals surface area contributed by atoms with E-state index in [1.54, 1.807) is 0 Å². The first-order valence-electron chi connectivity index (χ1n) is 7.98. The Morgan fingerprint density at radius 1 is 0.833 bits per heavy atom. The highest BCUT2D eigenvalue weighted by atomic mass is 79.9. The van der Waals surface area contributed by atoms with E-state index in [2.05, 4.69) is 39.0 Å². The molecule has 2 aromatic carbocycles. The van der Waals surface area contributed by atoms with Crippen molar-refractivity contribution in [3.63, 3.8) is 0 Å². The van der Waals surface area contributed by atoms with Gasteiger partial charge in [0.1, 0.15) is 0 Å². The zero-order valence-electron chi connectivity index (χ0n) is 13.0. The maximum absolute atomic E-state index is 5.51. The van der Waals surface area contributed by atoms with E-state index in [4.69, 9.17) is 18.9 Å². The largest absolute Gasteiger partial charge is 0.454 e. The topological polar surface area (TPSA) is 40.2 Å². The van der Waals surface area contributed by atoms with E-state index in [0.29, 0.717) is 13.6 Å². The number of hydrogen-bond donors (Lipinski definition) is 0. The lowest BCUT2D eigenvalue weighted by molar-refractivity contribution is 0.173. The first-order valence-corrected chi connectivity index (χ1v) is 8.77. The normalized spacial score (nSPS) is 17.9. The van der Waals surface area contributed by atoms with E-state index in [-0.39, 0.29) is 0 Å². The van der Waals surface area contributed by atoms with Gasteiger partial charge in [-0.2, -0.15) is 0 Å². The molecule has 0 spiro atoms. The second-order valence-corrected chi connectivity index (χ2v) is 7.09. The molecule has 0 fully saturated rings. The number of hydrogen-bond acceptors (Lipinski definition) is 5. The highest BCUT2D eigenvalue weighted by molar-refractivity contribution is 9.10. The van der Waals surface area contributed by atoms with E-state index in [1.807, 2.05) is 6.07 Å². The lowest BCUT2D eigenvalue weighted by Gasteiger charge is -2.29. The van der Waals surface area contributed by atoms with E-state index >= 15 is 0 Å². The Morgan fingerprint density at radius 3 is 2.21 bits per heavy atom. The summed E-state index contributed by atoms with van der Waals surface area (Å²) in [5.74, 6) is 3.37. The predicted molar refractivity (Wildman–Crippen MR) is 90.6 cm³/mol. The molecule has 5 nitrogen and oxygen atoms in total. The van der Waals surface area contributed by atoms with Crippen LogP contribution in [0.1, 0.15) is 16.7 Å². The molecule has 3 heterocycles. The van der Waals surface area contributed by atoms with Crippen LogP contribution in [0.25, 0.3) is 0 Å². The second-order valence-electron chi connectivity index (χ2n) is 6.23. The van der Waals surface area contributed by atoms with Crippen molar-refractivity contribution in [1.29, 1.82) is 0 Å². The molecule has 0 radical (unpaired) electrons. The zero-order valence-corrected chi connectivity index (χ0v) is 14.6. The molecule has 3 aliphatic heterocycles. The number of nitrogens with zero attached hydrogens (tertiary/aromatic N) is 1. The fourth-order valence-electron chi connectivity index (χ4n) is 3.46. The van der Waals surface area contributed by atoms with Gasteiger partial charge in [0.15, 0.2) is 23.0 Å². The first-order chi connectivity index (χ1) is 11.8. The van der Waals surface area contributed by atoms with Gasteiger partial charge in [-0.05, 0) is 47.4 Å². The number of fused-ring (bicyclic) bond motifs is 3. The van der Waals surface area contributed by atoms with E-state index in [1.165, 1.54) is 16.7 Å². The minimum atomic E-state index is 0.301. The van der Waals surface area contributed by atoms with Crippen molar-refractivity contribution in [3.05, 3.63) is 45.4 Å². The van der Waals surface area contributed by atoms with Crippen LogP contribution >= 0.6 is 15.9 Å². The number of rotatable bonds is 2. The van der Waals surface area contributed by atoms with Crippen molar-refractivity contribution >= 4 is 15.9 Å². The highest BCUT2D eigenvalue weighted by Gasteiger charge is 2.23. The third-order valence-electron chi connectivity index (χ3n) is 4.72. The van der Waals surface area contributed by atoms with Gasteiger partial charge in [-0.3, -0.25) is 4.90 Å².